The van der Waals surface area contributed by atoms with Crippen molar-refractivity contribution >= 4 is 34.5 Å². The second-order valence-electron chi connectivity index (χ2n) is 8.75. The van der Waals surface area contributed by atoms with Gasteiger partial charge >= 0.3 is 5.97 Å². The standard InChI is InChI=1S/C24H20F2N4O5/c25-19-9-17-21(29(15-5-6-15)12-18(23(17)31)24(32)33)20(26)22(19)28-8-7-14(11-28)27-10-13-1-3-16(4-2-13)30(34)35/h1-4,9-10,12,14-15H,5-8,11H2,(H,32,33)/b27-10+. The number of aromatic nitrogens is 1. The molecule has 1 atom stereocenters. The van der Waals surface area contributed by atoms with Crippen LogP contribution in [-0.2, 0) is 0 Å². The minimum Gasteiger partial charge on any atom is -0.477 e. The van der Waals surface area contributed by atoms with Crippen molar-refractivity contribution in [3.05, 3.63) is 79.6 Å². The van der Waals surface area contributed by atoms with Gasteiger partial charge in [0.15, 0.2) is 5.82 Å². The molecule has 180 valence electrons. The fourth-order valence-corrected chi connectivity index (χ4v) is 4.45. The highest BCUT2D eigenvalue weighted by molar-refractivity contribution is 5.94. The fraction of sp³-hybridized carbons (Fsp3) is 0.292. The number of non-ortho nitro benzene ring substituents is 1. The van der Waals surface area contributed by atoms with Gasteiger partial charge in [0.1, 0.15) is 17.1 Å². The molecule has 2 fully saturated rings. The lowest BCUT2D eigenvalue weighted by atomic mass is 10.1. The molecule has 1 saturated carbocycles. The van der Waals surface area contributed by atoms with Gasteiger partial charge in [0, 0.05) is 43.7 Å². The molecule has 1 N–H and O–H groups in total. The van der Waals surface area contributed by atoms with E-state index in [2.05, 4.69) is 4.99 Å². The summed E-state index contributed by atoms with van der Waals surface area (Å²) in [4.78, 5) is 40.4. The number of nitro benzene ring substituents is 1. The smallest absolute Gasteiger partial charge is 0.341 e. The van der Waals surface area contributed by atoms with Gasteiger partial charge in [-0.05, 0) is 43.0 Å². The number of carbonyl (C=O) groups is 1. The van der Waals surface area contributed by atoms with Crippen molar-refractivity contribution < 1.29 is 23.6 Å². The van der Waals surface area contributed by atoms with Gasteiger partial charge in [-0.15, -0.1) is 0 Å². The average molecular weight is 482 g/mol. The molecule has 5 rings (SSSR count). The van der Waals surface area contributed by atoms with E-state index in [0.717, 1.165) is 12.3 Å². The first-order valence-electron chi connectivity index (χ1n) is 11.1. The maximum atomic E-state index is 15.7. The lowest BCUT2D eigenvalue weighted by molar-refractivity contribution is -0.384. The van der Waals surface area contributed by atoms with Crippen molar-refractivity contribution in [3.63, 3.8) is 0 Å². The van der Waals surface area contributed by atoms with E-state index >= 15 is 8.78 Å². The first-order chi connectivity index (χ1) is 16.7. The zero-order valence-electron chi connectivity index (χ0n) is 18.4. The molecule has 35 heavy (non-hydrogen) atoms. The molecule has 0 spiro atoms. The number of fused-ring (bicyclic) bond motifs is 1. The molecule has 2 aromatic carbocycles. The van der Waals surface area contributed by atoms with Crippen LogP contribution in [0.25, 0.3) is 10.9 Å². The van der Waals surface area contributed by atoms with Gasteiger partial charge in [-0.2, -0.15) is 0 Å². The molecule has 2 aliphatic rings. The highest BCUT2D eigenvalue weighted by Crippen LogP contribution is 2.40. The van der Waals surface area contributed by atoms with Crippen LogP contribution in [0.2, 0.25) is 0 Å². The van der Waals surface area contributed by atoms with E-state index in [0.29, 0.717) is 31.4 Å². The van der Waals surface area contributed by atoms with Crippen molar-refractivity contribution in [3.8, 4) is 0 Å². The molecule has 1 saturated heterocycles. The summed E-state index contributed by atoms with van der Waals surface area (Å²) in [5, 5.41) is 19.8. The third-order valence-corrected chi connectivity index (χ3v) is 6.37. The first-order valence-corrected chi connectivity index (χ1v) is 11.1. The Balaban J connectivity index is 1.46. The van der Waals surface area contributed by atoms with Gasteiger partial charge in [-0.3, -0.25) is 19.9 Å². The van der Waals surface area contributed by atoms with Crippen LogP contribution in [-0.4, -0.2) is 45.9 Å². The van der Waals surface area contributed by atoms with Gasteiger partial charge in [0.25, 0.3) is 5.69 Å². The number of aliphatic imine (C=N–C) groups is 1. The molecule has 9 nitrogen and oxygen atoms in total. The summed E-state index contributed by atoms with van der Waals surface area (Å²) in [5.41, 5.74) is -1.14. The monoisotopic (exact) mass is 482 g/mol. The fourth-order valence-electron chi connectivity index (χ4n) is 4.45. The van der Waals surface area contributed by atoms with Crippen molar-refractivity contribution in [2.45, 2.75) is 31.3 Å². The van der Waals surface area contributed by atoms with Crippen LogP contribution in [0.1, 0.15) is 41.2 Å². The number of pyridine rings is 1. The van der Waals surface area contributed by atoms with Gasteiger partial charge in [-0.25, -0.2) is 13.6 Å². The molecule has 2 heterocycles. The van der Waals surface area contributed by atoms with E-state index in [-0.39, 0.29) is 40.9 Å². The summed E-state index contributed by atoms with van der Waals surface area (Å²) in [6, 6.07) is 6.42. The molecular weight excluding hydrogens is 462 g/mol. The van der Waals surface area contributed by atoms with Crippen molar-refractivity contribution in [2.24, 2.45) is 4.99 Å². The van der Waals surface area contributed by atoms with E-state index in [1.165, 1.54) is 21.6 Å². The molecule has 0 radical (unpaired) electrons. The normalized spacial score (nSPS) is 18.0. The molecule has 1 aliphatic carbocycles. The summed E-state index contributed by atoms with van der Waals surface area (Å²) in [7, 11) is 0. The molecule has 11 heteroatoms. The number of hydrogen-bond acceptors (Lipinski definition) is 6. The Kier molecular flexibility index (Phi) is 5.54. The molecule has 0 amide bonds. The summed E-state index contributed by atoms with van der Waals surface area (Å²) in [5.74, 6) is -3.26. The number of hydrogen-bond donors (Lipinski definition) is 1. The summed E-state index contributed by atoms with van der Waals surface area (Å²) < 4.78 is 32.3. The Hall–Kier alpha value is -4.15. The van der Waals surface area contributed by atoms with E-state index < -0.39 is 33.5 Å². The van der Waals surface area contributed by atoms with Gasteiger partial charge in [0.2, 0.25) is 5.43 Å². The predicted octanol–water partition coefficient (Wildman–Crippen LogP) is 3.92. The second kappa shape index (κ2) is 8.57. The van der Waals surface area contributed by atoms with Crippen molar-refractivity contribution in [1.82, 2.24) is 4.57 Å². The van der Waals surface area contributed by atoms with Gasteiger partial charge in [-0.1, -0.05) is 0 Å². The minimum absolute atomic E-state index is 0.0309. The molecule has 0 bridgehead atoms. The summed E-state index contributed by atoms with van der Waals surface area (Å²) in [6.07, 6.45) is 4.69. The Morgan fingerprint density at radius 1 is 1.20 bits per heavy atom. The van der Waals surface area contributed by atoms with Crippen LogP contribution < -0.4 is 10.3 Å². The Morgan fingerprint density at radius 3 is 2.54 bits per heavy atom. The van der Waals surface area contributed by atoms with E-state index in [9.17, 15) is 24.8 Å². The number of nitro groups is 1. The lowest BCUT2D eigenvalue weighted by Crippen LogP contribution is -2.25. The highest BCUT2D eigenvalue weighted by atomic mass is 19.1. The van der Waals surface area contributed by atoms with Crippen LogP contribution in [0.15, 0.2) is 46.3 Å². The van der Waals surface area contributed by atoms with Crippen LogP contribution in [0.4, 0.5) is 20.2 Å². The zero-order chi connectivity index (χ0) is 24.9. The summed E-state index contributed by atoms with van der Waals surface area (Å²) >= 11 is 0. The minimum atomic E-state index is -1.44. The molecule has 3 aromatic rings. The average Bonchev–Trinajstić information content (AvgIpc) is 3.56. The van der Waals surface area contributed by atoms with Crippen molar-refractivity contribution in [1.29, 1.82) is 0 Å². The number of nitrogens with zero attached hydrogens (tertiary/aromatic N) is 4. The van der Waals surface area contributed by atoms with Crippen LogP contribution in [0, 0.1) is 21.7 Å². The molecule has 1 aliphatic heterocycles. The number of carboxylic acids is 1. The maximum absolute atomic E-state index is 15.7. The molecular formula is C24H20F2N4O5. The number of anilines is 1. The van der Waals surface area contributed by atoms with Gasteiger partial charge < -0.3 is 14.6 Å². The molecule has 1 unspecified atom stereocenters. The largest absolute Gasteiger partial charge is 0.477 e. The van der Waals surface area contributed by atoms with E-state index in [4.69, 9.17) is 0 Å². The number of carboxylic acid groups (broad SMARTS) is 1. The van der Waals surface area contributed by atoms with Crippen LogP contribution in [0.3, 0.4) is 0 Å². The van der Waals surface area contributed by atoms with E-state index in [1.807, 2.05) is 0 Å². The van der Waals surface area contributed by atoms with E-state index in [1.54, 1.807) is 18.3 Å². The highest BCUT2D eigenvalue weighted by Gasteiger charge is 2.32. The third-order valence-electron chi connectivity index (χ3n) is 6.37. The Labute approximate surface area is 197 Å². The Morgan fingerprint density at radius 2 is 1.91 bits per heavy atom. The number of halogens is 2. The lowest BCUT2D eigenvalue weighted by Gasteiger charge is -2.22. The Bertz CT molecular complexity index is 1450. The number of benzene rings is 2. The summed E-state index contributed by atoms with van der Waals surface area (Å²) in [6.45, 7) is 0.576. The van der Waals surface area contributed by atoms with Gasteiger partial charge in [0.05, 0.1) is 21.9 Å². The third kappa shape index (κ3) is 4.13. The molecule has 1 aromatic heterocycles. The second-order valence-corrected chi connectivity index (χ2v) is 8.75. The number of aromatic carboxylic acids is 1. The quantitative estimate of drug-likeness (QED) is 0.323. The zero-order valence-corrected chi connectivity index (χ0v) is 18.4. The predicted molar refractivity (Wildman–Crippen MR) is 125 cm³/mol. The topological polar surface area (TPSA) is 118 Å². The van der Waals surface area contributed by atoms with Crippen molar-refractivity contribution in [2.75, 3.05) is 18.0 Å². The van der Waals surface area contributed by atoms with Crippen LogP contribution >= 0.6 is 0 Å². The maximum Gasteiger partial charge on any atom is 0.341 e. The van der Waals surface area contributed by atoms with Crippen LogP contribution in [0.5, 0.6) is 0 Å². The first kappa shape index (κ1) is 22.6. The SMILES string of the molecule is O=C(O)c1cn(C2CC2)c2c(F)c(N3CCC(/N=C/c4ccc([N+](=O)[O-])cc4)C3)c(F)cc2c1=O. The number of rotatable bonds is 6.